The lowest BCUT2D eigenvalue weighted by molar-refractivity contribution is 0.121. The van der Waals surface area contributed by atoms with Crippen LogP contribution in [0.5, 0.6) is 0 Å². The molecule has 2 saturated heterocycles. The van der Waals surface area contributed by atoms with Gasteiger partial charge in [0, 0.05) is 6.20 Å². The fourth-order valence-electron chi connectivity index (χ4n) is 3.98. The molecule has 0 bridgehead atoms. The molecule has 6 atom stereocenters. The van der Waals surface area contributed by atoms with Crippen LogP contribution in [0.25, 0.3) is 0 Å². The van der Waals surface area contributed by atoms with Crippen molar-refractivity contribution in [1.29, 1.82) is 0 Å². The third-order valence-electron chi connectivity index (χ3n) is 5.71. The van der Waals surface area contributed by atoms with Gasteiger partial charge in [-0.3, -0.25) is 10.6 Å². The molecule has 0 aromatic heterocycles. The van der Waals surface area contributed by atoms with E-state index in [1.165, 1.54) is 6.20 Å². The molecule has 6 unspecified atom stereocenters. The number of nitrogens with one attached hydrogen (secondary N) is 2. The number of alkyl carbamates (subject to hydrolysis) is 2. The molecule has 8 heteroatoms. The van der Waals surface area contributed by atoms with E-state index in [0.717, 1.165) is 38.5 Å². The highest BCUT2D eigenvalue weighted by atomic mass is 16.6. The normalized spacial score (nSPS) is 33.8. The Hall–Kier alpha value is -2.06. The Bertz CT molecular complexity index is 610. The highest BCUT2D eigenvalue weighted by Crippen LogP contribution is 2.40. The van der Waals surface area contributed by atoms with E-state index in [-0.39, 0.29) is 6.09 Å². The van der Waals surface area contributed by atoms with E-state index in [2.05, 4.69) is 17.2 Å². The van der Waals surface area contributed by atoms with Crippen molar-refractivity contribution in [3.63, 3.8) is 0 Å². The Morgan fingerprint density at radius 2 is 1.41 bits per heavy atom. The summed E-state index contributed by atoms with van der Waals surface area (Å²) in [6.07, 6.45) is 12.3. The lowest BCUT2D eigenvalue weighted by atomic mass is 9.90. The fourth-order valence-corrected chi connectivity index (χ4v) is 3.98. The molecule has 4 rings (SSSR count). The summed E-state index contributed by atoms with van der Waals surface area (Å²) in [5, 5.41) is 4.90. The molecule has 29 heavy (non-hydrogen) atoms. The number of hydrogen-bond acceptors (Lipinski definition) is 6. The Morgan fingerprint density at radius 1 is 0.897 bits per heavy atom. The molecule has 2 saturated carbocycles. The summed E-state index contributed by atoms with van der Waals surface area (Å²) < 4.78 is 20.9. The van der Waals surface area contributed by atoms with Crippen LogP contribution in [0.1, 0.15) is 45.4 Å². The summed E-state index contributed by atoms with van der Waals surface area (Å²) in [6, 6.07) is 0. The van der Waals surface area contributed by atoms with Gasteiger partial charge in [-0.25, -0.2) is 9.59 Å². The van der Waals surface area contributed by atoms with Gasteiger partial charge >= 0.3 is 12.2 Å². The summed E-state index contributed by atoms with van der Waals surface area (Å²) in [4.78, 5) is 22.1. The van der Waals surface area contributed by atoms with Gasteiger partial charge in [0.05, 0.1) is 37.6 Å². The maximum atomic E-state index is 11.1. The first-order chi connectivity index (χ1) is 14.1. The van der Waals surface area contributed by atoms with Gasteiger partial charge in [0.1, 0.15) is 0 Å². The molecule has 0 radical (unpaired) electrons. The molecule has 4 fully saturated rings. The Kier molecular flexibility index (Phi) is 7.94. The van der Waals surface area contributed by atoms with Gasteiger partial charge in [-0.2, -0.15) is 0 Å². The van der Waals surface area contributed by atoms with E-state index >= 15 is 0 Å². The molecular weight excluding hydrogens is 376 g/mol. The molecule has 0 spiro atoms. The van der Waals surface area contributed by atoms with Crippen LogP contribution in [-0.4, -0.2) is 49.8 Å². The van der Waals surface area contributed by atoms with E-state index in [0.29, 0.717) is 49.5 Å². The first-order valence-electron chi connectivity index (χ1n) is 10.5. The molecule has 2 aliphatic heterocycles. The van der Waals surface area contributed by atoms with Gasteiger partial charge in [-0.1, -0.05) is 12.7 Å². The van der Waals surface area contributed by atoms with Crippen molar-refractivity contribution in [3.05, 3.63) is 25.1 Å². The van der Waals surface area contributed by atoms with Gasteiger partial charge in [0.15, 0.2) is 0 Å². The first-order valence-corrected chi connectivity index (χ1v) is 10.5. The number of rotatable bonds is 6. The summed E-state index contributed by atoms with van der Waals surface area (Å²) in [7, 11) is 0. The standard InChI is InChI=1S/C11H17NO3.C10H15NO3/c1-2-5-12-11(13)14-7-8-3-4-9-10(6-8)15-9;1-2-11-10(12)13-6-7-3-4-8-9(5-7)14-8/h2,5,8-10H,3-4,6-7H2,1H3,(H,12,13);2,7-9H,1,3-6H2,(H,11,12)/b5-2-;. The minimum atomic E-state index is -0.418. The number of epoxide rings is 2. The van der Waals surface area contributed by atoms with Crippen LogP contribution in [0.4, 0.5) is 9.59 Å². The lowest BCUT2D eigenvalue weighted by Crippen LogP contribution is -2.24. The number of amides is 2. The zero-order chi connectivity index (χ0) is 20.6. The number of fused-ring (bicyclic) bond motifs is 2. The van der Waals surface area contributed by atoms with Crippen molar-refractivity contribution in [1.82, 2.24) is 10.6 Å². The number of ether oxygens (including phenoxy) is 4. The molecular formula is C21H32N2O6. The average molecular weight is 408 g/mol. The van der Waals surface area contributed by atoms with Gasteiger partial charge in [0.2, 0.25) is 0 Å². The van der Waals surface area contributed by atoms with E-state index in [4.69, 9.17) is 18.9 Å². The highest BCUT2D eigenvalue weighted by Gasteiger charge is 2.44. The van der Waals surface area contributed by atoms with Crippen LogP contribution >= 0.6 is 0 Å². The third-order valence-corrected chi connectivity index (χ3v) is 5.71. The molecule has 0 aromatic carbocycles. The smallest absolute Gasteiger partial charge is 0.411 e. The molecule has 2 heterocycles. The molecule has 162 valence electrons. The number of carbonyl (C=O) groups is 2. The molecule has 2 amide bonds. The highest BCUT2D eigenvalue weighted by molar-refractivity contribution is 5.68. The summed E-state index contributed by atoms with van der Waals surface area (Å²) >= 11 is 0. The SMILES string of the molecule is C/C=C\NC(=O)OCC1CCC2OC2C1.C=CNC(=O)OCC1CCC2OC2C1. The Morgan fingerprint density at radius 3 is 1.86 bits per heavy atom. The predicted molar refractivity (Wildman–Crippen MR) is 106 cm³/mol. The molecule has 2 aliphatic carbocycles. The quantitative estimate of drug-likeness (QED) is 0.654. The predicted octanol–water partition coefficient (Wildman–Crippen LogP) is 3.24. The second-order valence-electron chi connectivity index (χ2n) is 7.97. The maximum absolute atomic E-state index is 11.1. The van der Waals surface area contributed by atoms with Gasteiger partial charge in [-0.05, 0) is 63.5 Å². The van der Waals surface area contributed by atoms with Crippen LogP contribution in [0.3, 0.4) is 0 Å². The largest absolute Gasteiger partial charge is 0.449 e. The monoisotopic (exact) mass is 408 g/mol. The third kappa shape index (κ3) is 7.36. The van der Waals surface area contributed by atoms with E-state index in [1.54, 1.807) is 12.3 Å². The second kappa shape index (κ2) is 10.6. The zero-order valence-electron chi connectivity index (χ0n) is 17.0. The van der Waals surface area contributed by atoms with Crippen LogP contribution < -0.4 is 10.6 Å². The molecule has 2 N–H and O–H groups in total. The van der Waals surface area contributed by atoms with Crippen LogP contribution in [-0.2, 0) is 18.9 Å². The summed E-state index contributed by atoms with van der Waals surface area (Å²) in [6.45, 7) is 6.22. The second-order valence-corrected chi connectivity index (χ2v) is 7.97. The average Bonchev–Trinajstić information content (AvgIpc) is 3.63. The van der Waals surface area contributed by atoms with Crippen molar-refractivity contribution < 1.29 is 28.5 Å². The molecule has 0 aromatic rings. The number of allylic oxidation sites excluding steroid dienone is 1. The molecule has 8 nitrogen and oxygen atoms in total. The van der Waals surface area contributed by atoms with Crippen molar-refractivity contribution in [2.24, 2.45) is 11.8 Å². The first kappa shape index (κ1) is 21.6. The minimum Gasteiger partial charge on any atom is -0.449 e. The van der Waals surface area contributed by atoms with Crippen LogP contribution in [0.2, 0.25) is 0 Å². The lowest BCUT2D eigenvalue weighted by Gasteiger charge is -2.18. The Labute approximate surface area is 172 Å². The Balaban J connectivity index is 0.000000166. The van der Waals surface area contributed by atoms with E-state index < -0.39 is 6.09 Å². The topological polar surface area (TPSA) is 102 Å². The van der Waals surface area contributed by atoms with Gasteiger partial charge in [-0.15, -0.1) is 0 Å². The summed E-state index contributed by atoms with van der Waals surface area (Å²) in [5.74, 6) is 0.944. The van der Waals surface area contributed by atoms with Crippen LogP contribution in [0.15, 0.2) is 25.1 Å². The number of hydrogen-bond donors (Lipinski definition) is 2. The van der Waals surface area contributed by atoms with Crippen molar-refractivity contribution in [2.75, 3.05) is 13.2 Å². The van der Waals surface area contributed by atoms with E-state index in [1.807, 2.05) is 6.92 Å². The zero-order valence-corrected chi connectivity index (χ0v) is 17.0. The number of carbonyl (C=O) groups excluding carboxylic acids is 2. The maximum Gasteiger partial charge on any atom is 0.411 e. The summed E-state index contributed by atoms with van der Waals surface area (Å²) in [5.41, 5.74) is 0. The van der Waals surface area contributed by atoms with E-state index in [9.17, 15) is 9.59 Å². The van der Waals surface area contributed by atoms with Gasteiger partial charge in [0.25, 0.3) is 0 Å². The molecule has 4 aliphatic rings. The van der Waals surface area contributed by atoms with Crippen molar-refractivity contribution in [3.8, 4) is 0 Å². The van der Waals surface area contributed by atoms with Gasteiger partial charge < -0.3 is 18.9 Å². The van der Waals surface area contributed by atoms with Crippen LogP contribution in [0, 0.1) is 11.8 Å². The minimum absolute atomic E-state index is 0.369. The van der Waals surface area contributed by atoms with Crippen molar-refractivity contribution in [2.45, 2.75) is 69.9 Å². The fraction of sp³-hybridized carbons (Fsp3) is 0.714. The van der Waals surface area contributed by atoms with Crippen molar-refractivity contribution >= 4 is 12.2 Å².